The Hall–Kier alpha value is -2.80. The topological polar surface area (TPSA) is 74.1 Å². The zero-order chi connectivity index (χ0) is 20.5. The Morgan fingerprint density at radius 1 is 1.10 bits per heavy atom. The lowest BCUT2D eigenvalue weighted by Gasteiger charge is -2.35. The van der Waals surface area contributed by atoms with Crippen LogP contribution < -0.4 is 4.90 Å². The molecule has 2 saturated heterocycles. The molecule has 4 rings (SSSR count). The van der Waals surface area contributed by atoms with Crippen LogP contribution in [0.5, 0.6) is 0 Å². The minimum Gasteiger partial charge on any atom is -0.459 e. The predicted molar refractivity (Wildman–Crippen MR) is 108 cm³/mol. The van der Waals surface area contributed by atoms with E-state index in [-0.39, 0.29) is 30.1 Å². The molecule has 152 valence electrons. The van der Waals surface area contributed by atoms with E-state index in [1.165, 1.54) is 6.26 Å². The number of hydrogen-bond donors (Lipinski definition) is 0. The SMILES string of the molecule is Cc1ccc(N2C[C@@H](C(=O)N3CCN(C(=O)c4ccco4)CC3)CC2=O)cc1Cl. The van der Waals surface area contributed by atoms with Gasteiger partial charge in [-0.3, -0.25) is 14.4 Å². The maximum Gasteiger partial charge on any atom is 0.289 e. The summed E-state index contributed by atoms with van der Waals surface area (Å²) in [4.78, 5) is 42.9. The molecule has 2 aliphatic rings. The summed E-state index contributed by atoms with van der Waals surface area (Å²) in [6, 6.07) is 8.80. The molecule has 0 unspecified atom stereocenters. The summed E-state index contributed by atoms with van der Waals surface area (Å²) in [6.45, 7) is 4.05. The van der Waals surface area contributed by atoms with Crippen molar-refractivity contribution >= 4 is 35.0 Å². The molecule has 2 aromatic rings. The minimum atomic E-state index is -0.380. The quantitative estimate of drug-likeness (QED) is 0.772. The maximum absolute atomic E-state index is 12.9. The lowest BCUT2D eigenvalue weighted by Crippen LogP contribution is -2.52. The average Bonchev–Trinajstić information content (AvgIpc) is 3.39. The lowest BCUT2D eigenvalue weighted by molar-refractivity contribution is -0.137. The number of rotatable bonds is 3. The van der Waals surface area contributed by atoms with E-state index >= 15 is 0 Å². The second kappa shape index (κ2) is 7.91. The highest BCUT2D eigenvalue weighted by atomic mass is 35.5. The third-order valence-electron chi connectivity index (χ3n) is 5.55. The molecular weight excluding hydrogens is 394 g/mol. The molecule has 7 nitrogen and oxygen atoms in total. The van der Waals surface area contributed by atoms with Crippen molar-refractivity contribution in [3.05, 3.63) is 52.9 Å². The monoisotopic (exact) mass is 415 g/mol. The summed E-state index contributed by atoms with van der Waals surface area (Å²) in [5.74, 6) is -0.354. The zero-order valence-electron chi connectivity index (χ0n) is 16.1. The van der Waals surface area contributed by atoms with Crippen LogP contribution in [0.2, 0.25) is 5.02 Å². The van der Waals surface area contributed by atoms with Crippen LogP contribution in [-0.2, 0) is 9.59 Å². The number of carbonyl (C=O) groups excluding carboxylic acids is 3. The molecule has 1 atom stereocenters. The first-order valence-corrected chi connectivity index (χ1v) is 10.00. The van der Waals surface area contributed by atoms with Gasteiger partial charge in [0.1, 0.15) is 0 Å². The fourth-order valence-corrected chi connectivity index (χ4v) is 3.99. The van der Waals surface area contributed by atoms with E-state index in [1.807, 2.05) is 19.1 Å². The van der Waals surface area contributed by atoms with Gasteiger partial charge in [-0.25, -0.2) is 0 Å². The first-order chi connectivity index (χ1) is 13.9. The second-order valence-corrected chi connectivity index (χ2v) is 7.84. The van der Waals surface area contributed by atoms with E-state index in [1.54, 1.807) is 32.9 Å². The van der Waals surface area contributed by atoms with Crippen molar-refractivity contribution in [2.24, 2.45) is 5.92 Å². The summed E-state index contributed by atoms with van der Waals surface area (Å²) in [5.41, 5.74) is 1.66. The van der Waals surface area contributed by atoms with Crippen LogP contribution >= 0.6 is 11.6 Å². The van der Waals surface area contributed by atoms with Crippen molar-refractivity contribution in [1.29, 1.82) is 0 Å². The van der Waals surface area contributed by atoms with Crippen molar-refractivity contribution in [3.8, 4) is 0 Å². The van der Waals surface area contributed by atoms with Gasteiger partial charge in [0, 0.05) is 49.9 Å². The Balaban J connectivity index is 1.36. The van der Waals surface area contributed by atoms with E-state index in [9.17, 15) is 14.4 Å². The van der Waals surface area contributed by atoms with Gasteiger partial charge in [-0.2, -0.15) is 0 Å². The van der Waals surface area contributed by atoms with E-state index in [0.717, 1.165) is 11.3 Å². The number of nitrogens with zero attached hydrogens (tertiary/aromatic N) is 3. The Bertz CT molecular complexity index is 935. The summed E-state index contributed by atoms with van der Waals surface area (Å²) in [6.07, 6.45) is 1.66. The molecule has 0 bridgehead atoms. The highest BCUT2D eigenvalue weighted by Crippen LogP contribution is 2.29. The van der Waals surface area contributed by atoms with Gasteiger partial charge in [-0.05, 0) is 36.8 Å². The zero-order valence-corrected chi connectivity index (χ0v) is 16.9. The highest BCUT2D eigenvalue weighted by Gasteiger charge is 2.38. The molecule has 3 amide bonds. The molecule has 0 spiro atoms. The number of amides is 3. The first-order valence-electron chi connectivity index (χ1n) is 9.62. The normalized spacial score (nSPS) is 19.7. The smallest absolute Gasteiger partial charge is 0.289 e. The van der Waals surface area contributed by atoms with Gasteiger partial charge in [-0.15, -0.1) is 0 Å². The summed E-state index contributed by atoms with van der Waals surface area (Å²) >= 11 is 6.18. The predicted octanol–water partition coefficient (Wildman–Crippen LogP) is 2.58. The fraction of sp³-hybridized carbons (Fsp3) is 0.381. The number of hydrogen-bond acceptors (Lipinski definition) is 4. The van der Waals surface area contributed by atoms with Crippen molar-refractivity contribution < 1.29 is 18.8 Å². The van der Waals surface area contributed by atoms with Gasteiger partial charge in [0.2, 0.25) is 11.8 Å². The summed E-state index contributed by atoms with van der Waals surface area (Å²) in [5, 5.41) is 0.599. The van der Waals surface area contributed by atoms with Gasteiger partial charge in [0.25, 0.3) is 5.91 Å². The summed E-state index contributed by atoms with van der Waals surface area (Å²) in [7, 11) is 0. The number of aryl methyl sites for hydroxylation is 1. The van der Waals surface area contributed by atoms with Crippen LogP contribution in [0.4, 0.5) is 5.69 Å². The van der Waals surface area contributed by atoms with Crippen molar-refractivity contribution in [3.63, 3.8) is 0 Å². The van der Waals surface area contributed by atoms with Crippen molar-refractivity contribution in [2.75, 3.05) is 37.6 Å². The lowest BCUT2D eigenvalue weighted by atomic mass is 10.1. The van der Waals surface area contributed by atoms with E-state index in [0.29, 0.717) is 43.5 Å². The fourth-order valence-electron chi connectivity index (χ4n) is 3.82. The van der Waals surface area contributed by atoms with Crippen LogP contribution in [0.15, 0.2) is 41.0 Å². The number of benzene rings is 1. The molecular formula is C21H22ClN3O4. The molecule has 2 fully saturated rings. The molecule has 2 aliphatic heterocycles. The second-order valence-electron chi connectivity index (χ2n) is 7.43. The van der Waals surface area contributed by atoms with Crippen LogP contribution in [0.1, 0.15) is 22.5 Å². The molecule has 0 aliphatic carbocycles. The van der Waals surface area contributed by atoms with Crippen LogP contribution in [0.3, 0.4) is 0 Å². The van der Waals surface area contributed by atoms with Crippen LogP contribution in [0.25, 0.3) is 0 Å². The molecule has 1 aromatic heterocycles. The molecule has 29 heavy (non-hydrogen) atoms. The van der Waals surface area contributed by atoms with Gasteiger partial charge < -0.3 is 19.1 Å². The van der Waals surface area contributed by atoms with E-state index < -0.39 is 0 Å². The molecule has 0 N–H and O–H groups in total. The van der Waals surface area contributed by atoms with E-state index in [2.05, 4.69) is 0 Å². The summed E-state index contributed by atoms with van der Waals surface area (Å²) < 4.78 is 5.16. The van der Waals surface area contributed by atoms with Gasteiger partial charge in [-0.1, -0.05) is 17.7 Å². The third-order valence-corrected chi connectivity index (χ3v) is 5.96. The number of furan rings is 1. The molecule has 8 heteroatoms. The van der Waals surface area contributed by atoms with Gasteiger partial charge in [0.15, 0.2) is 5.76 Å². The van der Waals surface area contributed by atoms with Gasteiger partial charge >= 0.3 is 0 Å². The number of halogens is 1. The third kappa shape index (κ3) is 3.87. The Kier molecular flexibility index (Phi) is 5.32. The molecule has 3 heterocycles. The van der Waals surface area contributed by atoms with Crippen molar-refractivity contribution in [2.45, 2.75) is 13.3 Å². The van der Waals surface area contributed by atoms with Crippen molar-refractivity contribution in [1.82, 2.24) is 9.80 Å². The molecule has 0 saturated carbocycles. The highest BCUT2D eigenvalue weighted by molar-refractivity contribution is 6.31. The maximum atomic E-state index is 12.9. The Labute approximate surface area is 173 Å². The molecule has 0 radical (unpaired) electrons. The Morgan fingerprint density at radius 3 is 2.48 bits per heavy atom. The van der Waals surface area contributed by atoms with Crippen LogP contribution in [-0.4, -0.2) is 60.2 Å². The number of anilines is 1. The largest absolute Gasteiger partial charge is 0.459 e. The van der Waals surface area contributed by atoms with E-state index in [4.69, 9.17) is 16.0 Å². The number of carbonyl (C=O) groups is 3. The average molecular weight is 416 g/mol. The van der Waals surface area contributed by atoms with Gasteiger partial charge in [0.05, 0.1) is 12.2 Å². The first kappa shape index (κ1) is 19.5. The minimum absolute atomic E-state index is 0.0378. The standard InChI is InChI=1S/C21H22ClN3O4/c1-14-4-5-16(12-17(14)22)25-13-15(11-19(25)26)20(27)23-6-8-24(9-7-23)21(28)18-3-2-10-29-18/h2-5,10,12,15H,6-9,11,13H2,1H3/t15-/m0/s1. The Morgan fingerprint density at radius 2 is 1.83 bits per heavy atom. The van der Waals surface area contributed by atoms with Crippen LogP contribution in [0, 0.1) is 12.8 Å². The molecule has 1 aromatic carbocycles. The number of piperazine rings is 1.